The zero-order valence-corrected chi connectivity index (χ0v) is 13.9. The number of carbonyl (C=O) groups is 1. The molecular formula is C18H27ClN2O. The van der Waals surface area contributed by atoms with E-state index in [4.69, 9.17) is 5.73 Å². The van der Waals surface area contributed by atoms with Crippen LogP contribution in [0.1, 0.15) is 38.5 Å². The fourth-order valence-electron chi connectivity index (χ4n) is 3.71. The lowest BCUT2D eigenvalue weighted by Gasteiger charge is -2.34. The van der Waals surface area contributed by atoms with Crippen LogP contribution in [0.25, 0.3) is 0 Å². The molecule has 122 valence electrons. The standard InChI is InChI=1S/C18H26N2O.ClH/c19-12-15-8-5-11-17(15)18(21)20(13-14-6-4-7-14)16-9-2-1-3-10-16;/h1-3,9-10,14-15,17H,4-8,11-13,19H2;1H/t15-,17-;/m1./s1. The van der Waals surface area contributed by atoms with Crippen LogP contribution in [0, 0.1) is 17.8 Å². The van der Waals surface area contributed by atoms with E-state index in [0.29, 0.717) is 24.3 Å². The highest BCUT2D eigenvalue weighted by molar-refractivity contribution is 5.95. The summed E-state index contributed by atoms with van der Waals surface area (Å²) >= 11 is 0. The first-order chi connectivity index (χ1) is 10.3. The number of carbonyl (C=O) groups excluding carboxylic acids is 1. The lowest BCUT2D eigenvalue weighted by molar-refractivity contribution is -0.123. The van der Waals surface area contributed by atoms with Crippen molar-refractivity contribution in [3.8, 4) is 0 Å². The number of hydrogen-bond acceptors (Lipinski definition) is 2. The van der Waals surface area contributed by atoms with Crippen molar-refractivity contribution < 1.29 is 4.79 Å². The molecule has 2 fully saturated rings. The third-order valence-corrected chi connectivity index (χ3v) is 5.28. The molecule has 2 N–H and O–H groups in total. The number of halogens is 1. The number of anilines is 1. The Labute approximate surface area is 139 Å². The van der Waals surface area contributed by atoms with Crippen LogP contribution in [-0.2, 0) is 4.79 Å². The van der Waals surface area contributed by atoms with E-state index < -0.39 is 0 Å². The van der Waals surface area contributed by atoms with Gasteiger partial charge in [0.2, 0.25) is 5.91 Å². The Balaban J connectivity index is 0.00000176. The fourth-order valence-corrected chi connectivity index (χ4v) is 3.71. The molecule has 3 nitrogen and oxygen atoms in total. The zero-order valence-electron chi connectivity index (χ0n) is 13.1. The van der Waals surface area contributed by atoms with Crippen molar-refractivity contribution in [2.24, 2.45) is 23.5 Å². The van der Waals surface area contributed by atoms with Gasteiger partial charge in [-0.25, -0.2) is 0 Å². The summed E-state index contributed by atoms with van der Waals surface area (Å²) in [6, 6.07) is 10.2. The first-order valence-corrected chi connectivity index (χ1v) is 8.36. The number of hydrogen-bond donors (Lipinski definition) is 1. The van der Waals surface area contributed by atoms with Crippen molar-refractivity contribution in [3.63, 3.8) is 0 Å². The molecule has 0 radical (unpaired) electrons. The van der Waals surface area contributed by atoms with Gasteiger partial charge in [-0.2, -0.15) is 0 Å². The van der Waals surface area contributed by atoms with Crippen molar-refractivity contribution in [3.05, 3.63) is 30.3 Å². The topological polar surface area (TPSA) is 46.3 Å². The highest BCUT2D eigenvalue weighted by atomic mass is 35.5. The zero-order chi connectivity index (χ0) is 14.7. The molecule has 0 aromatic heterocycles. The summed E-state index contributed by atoms with van der Waals surface area (Å²) < 4.78 is 0. The number of benzene rings is 1. The van der Waals surface area contributed by atoms with Gasteiger partial charge in [0.1, 0.15) is 0 Å². The van der Waals surface area contributed by atoms with Gasteiger partial charge in [-0.1, -0.05) is 31.0 Å². The molecule has 3 rings (SSSR count). The summed E-state index contributed by atoms with van der Waals surface area (Å²) in [5.74, 6) is 1.51. The largest absolute Gasteiger partial charge is 0.330 e. The number of nitrogens with two attached hydrogens (primary N) is 1. The molecular weight excluding hydrogens is 296 g/mol. The van der Waals surface area contributed by atoms with Crippen molar-refractivity contribution in [1.82, 2.24) is 0 Å². The molecule has 1 aromatic rings. The molecule has 2 saturated carbocycles. The molecule has 0 saturated heterocycles. The molecule has 2 aliphatic rings. The van der Waals surface area contributed by atoms with Crippen LogP contribution in [0.4, 0.5) is 5.69 Å². The quantitative estimate of drug-likeness (QED) is 0.900. The van der Waals surface area contributed by atoms with E-state index in [0.717, 1.165) is 31.5 Å². The number of rotatable bonds is 5. The van der Waals surface area contributed by atoms with E-state index >= 15 is 0 Å². The maximum atomic E-state index is 13.1. The van der Waals surface area contributed by atoms with Crippen LogP contribution in [-0.4, -0.2) is 19.0 Å². The van der Waals surface area contributed by atoms with Gasteiger partial charge in [-0.05, 0) is 56.2 Å². The lowest BCUT2D eigenvalue weighted by Crippen LogP contribution is -2.43. The van der Waals surface area contributed by atoms with E-state index in [1.54, 1.807) is 0 Å². The van der Waals surface area contributed by atoms with Gasteiger partial charge in [0.25, 0.3) is 0 Å². The van der Waals surface area contributed by atoms with Gasteiger partial charge < -0.3 is 10.6 Å². The van der Waals surface area contributed by atoms with Gasteiger partial charge in [0, 0.05) is 18.2 Å². The summed E-state index contributed by atoms with van der Waals surface area (Å²) in [5, 5.41) is 0. The van der Waals surface area contributed by atoms with Crippen molar-refractivity contribution in [1.29, 1.82) is 0 Å². The van der Waals surface area contributed by atoms with E-state index in [9.17, 15) is 4.79 Å². The normalized spacial score (nSPS) is 24.4. The minimum atomic E-state index is 0. The second-order valence-electron chi connectivity index (χ2n) is 6.61. The van der Waals surface area contributed by atoms with E-state index in [-0.39, 0.29) is 18.3 Å². The molecule has 2 atom stereocenters. The highest BCUT2D eigenvalue weighted by Gasteiger charge is 2.36. The summed E-state index contributed by atoms with van der Waals surface area (Å²) in [7, 11) is 0. The number of amides is 1. The maximum Gasteiger partial charge on any atom is 0.230 e. The minimum Gasteiger partial charge on any atom is -0.330 e. The van der Waals surface area contributed by atoms with Gasteiger partial charge in [0.15, 0.2) is 0 Å². The Bertz CT molecular complexity index is 475. The monoisotopic (exact) mass is 322 g/mol. The molecule has 1 amide bonds. The van der Waals surface area contributed by atoms with Crippen LogP contribution in [0.2, 0.25) is 0 Å². The van der Waals surface area contributed by atoms with Crippen molar-refractivity contribution >= 4 is 24.0 Å². The van der Waals surface area contributed by atoms with Crippen LogP contribution < -0.4 is 10.6 Å². The summed E-state index contributed by atoms with van der Waals surface area (Å²) in [6.45, 7) is 1.53. The number of para-hydroxylation sites is 1. The summed E-state index contributed by atoms with van der Waals surface area (Å²) in [6.07, 6.45) is 7.11. The molecule has 0 aliphatic heterocycles. The predicted octanol–water partition coefficient (Wildman–Crippen LogP) is 3.62. The fraction of sp³-hybridized carbons (Fsp3) is 0.611. The molecule has 1 aromatic carbocycles. The second-order valence-corrected chi connectivity index (χ2v) is 6.61. The summed E-state index contributed by atoms with van der Waals surface area (Å²) in [5.41, 5.74) is 6.92. The Hall–Kier alpha value is -1.06. The third kappa shape index (κ3) is 3.64. The smallest absolute Gasteiger partial charge is 0.230 e. The average molecular weight is 323 g/mol. The Morgan fingerprint density at radius 3 is 2.36 bits per heavy atom. The first-order valence-electron chi connectivity index (χ1n) is 8.36. The Morgan fingerprint density at radius 2 is 1.77 bits per heavy atom. The number of nitrogens with zero attached hydrogens (tertiary/aromatic N) is 1. The van der Waals surface area contributed by atoms with Crippen LogP contribution in [0.3, 0.4) is 0 Å². The van der Waals surface area contributed by atoms with Crippen molar-refractivity contribution in [2.75, 3.05) is 18.0 Å². The van der Waals surface area contributed by atoms with Crippen molar-refractivity contribution in [2.45, 2.75) is 38.5 Å². The summed E-state index contributed by atoms with van der Waals surface area (Å²) in [4.78, 5) is 15.1. The molecule has 0 spiro atoms. The van der Waals surface area contributed by atoms with E-state index in [1.165, 1.54) is 19.3 Å². The van der Waals surface area contributed by atoms with Crippen LogP contribution in [0.5, 0.6) is 0 Å². The van der Waals surface area contributed by atoms with Gasteiger partial charge in [-0.15, -0.1) is 12.4 Å². The molecule has 22 heavy (non-hydrogen) atoms. The van der Waals surface area contributed by atoms with E-state index in [1.807, 2.05) is 23.1 Å². The second kappa shape index (κ2) is 7.98. The maximum absolute atomic E-state index is 13.1. The predicted molar refractivity (Wildman–Crippen MR) is 93.3 cm³/mol. The minimum absolute atomic E-state index is 0. The lowest BCUT2D eigenvalue weighted by atomic mass is 9.84. The highest BCUT2D eigenvalue weighted by Crippen LogP contribution is 2.35. The molecule has 4 heteroatoms. The van der Waals surface area contributed by atoms with Crippen LogP contribution >= 0.6 is 12.4 Å². The molecule has 0 unspecified atom stereocenters. The van der Waals surface area contributed by atoms with E-state index in [2.05, 4.69) is 12.1 Å². The van der Waals surface area contributed by atoms with Gasteiger partial charge in [-0.3, -0.25) is 4.79 Å². The molecule has 0 heterocycles. The van der Waals surface area contributed by atoms with Crippen LogP contribution in [0.15, 0.2) is 30.3 Å². The average Bonchev–Trinajstić information content (AvgIpc) is 2.95. The first kappa shape index (κ1) is 17.3. The van der Waals surface area contributed by atoms with Gasteiger partial charge >= 0.3 is 0 Å². The SMILES string of the molecule is Cl.NC[C@H]1CCC[C@H]1C(=O)N(CC1CCC1)c1ccccc1. The van der Waals surface area contributed by atoms with Gasteiger partial charge in [0.05, 0.1) is 0 Å². The molecule has 2 aliphatic carbocycles. The Kier molecular flexibility index (Phi) is 6.27. The third-order valence-electron chi connectivity index (χ3n) is 5.28. The Morgan fingerprint density at radius 1 is 1.09 bits per heavy atom. The molecule has 0 bridgehead atoms.